The van der Waals surface area contributed by atoms with Gasteiger partial charge in [0.1, 0.15) is 0 Å². The molecule has 0 saturated heterocycles. The van der Waals surface area contributed by atoms with Crippen LogP contribution in [0.1, 0.15) is 28.4 Å². The number of rotatable bonds is 6. The van der Waals surface area contributed by atoms with Gasteiger partial charge in [-0.3, -0.25) is 0 Å². The molecule has 138 valence electrons. The smallest absolute Gasteiger partial charge is 0.276 e. The highest BCUT2D eigenvalue weighted by molar-refractivity contribution is 7.98. The maximum Gasteiger partial charge on any atom is 0.276 e. The molecule has 0 spiro atoms. The van der Waals surface area contributed by atoms with E-state index in [1.165, 1.54) is 22.9 Å². The topological polar surface area (TPSA) is 82.0 Å². The number of fused-ring (bicyclic) bond motifs is 1. The highest BCUT2D eigenvalue weighted by Crippen LogP contribution is 2.25. The van der Waals surface area contributed by atoms with E-state index in [4.69, 9.17) is 4.42 Å². The summed E-state index contributed by atoms with van der Waals surface area (Å²) in [7, 11) is 0. The van der Waals surface area contributed by atoms with Crippen molar-refractivity contribution in [3.05, 3.63) is 58.7 Å². The van der Waals surface area contributed by atoms with E-state index in [-0.39, 0.29) is 0 Å². The van der Waals surface area contributed by atoms with Gasteiger partial charge in [-0.1, -0.05) is 47.8 Å². The minimum absolute atomic E-state index is 0.521. The number of thioether (sulfide) groups is 2. The van der Waals surface area contributed by atoms with Gasteiger partial charge in [-0.2, -0.15) is 4.98 Å². The first-order valence-corrected chi connectivity index (χ1v) is 10.4. The molecule has 9 heteroatoms. The summed E-state index contributed by atoms with van der Waals surface area (Å²) in [4.78, 5) is 8.85. The van der Waals surface area contributed by atoms with E-state index in [0.717, 1.165) is 17.1 Å². The van der Waals surface area contributed by atoms with Crippen molar-refractivity contribution in [1.29, 1.82) is 0 Å². The molecule has 4 aromatic rings. The largest absolute Gasteiger partial charge is 0.415 e. The lowest BCUT2D eigenvalue weighted by molar-refractivity contribution is 0.426. The number of aryl methyl sites for hydroxylation is 3. The van der Waals surface area contributed by atoms with Crippen LogP contribution < -0.4 is 0 Å². The molecule has 0 aliphatic heterocycles. The molecule has 0 amide bonds. The molecule has 3 heterocycles. The zero-order chi connectivity index (χ0) is 18.8. The zero-order valence-corrected chi connectivity index (χ0v) is 16.8. The summed E-state index contributed by atoms with van der Waals surface area (Å²) < 4.78 is 7.47. The Morgan fingerprint density at radius 3 is 2.70 bits per heavy atom. The number of aromatic nitrogens is 6. The van der Waals surface area contributed by atoms with E-state index in [9.17, 15) is 0 Å². The van der Waals surface area contributed by atoms with Crippen LogP contribution in [0.4, 0.5) is 0 Å². The molecule has 7 nitrogen and oxygen atoms in total. The van der Waals surface area contributed by atoms with Crippen LogP contribution in [0.15, 0.2) is 45.1 Å². The van der Waals surface area contributed by atoms with E-state index >= 15 is 0 Å². The van der Waals surface area contributed by atoms with E-state index in [1.807, 2.05) is 32.0 Å². The van der Waals surface area contributed by atoms with Crippen LogP contribution in [0.25, 0.3) is 5.78 Å². The summed E-state index contributed by atoms with van der Waals surface area (Å²) in [5, 5.41) is 13.9. The molecule has 27 heavy (non-hydrogen) atoms. The first-order valence-electron chi connectivity index (χ1n) is 8.42. The van der Waals surface area contributed by atoms with Crippen molar-refractivity contribution in [2.45, 2.75) is 42.7 Å². The lowest BCUT2D eigenvalue weighted by Crippen LogP contribution is -1.97. The van der Waals surface area contributed by atoms with Crippen LogP contribution in [0.5, 0.6) is 0 Å². The predicted octanol–water partition coefficient (Wildman–Crippen LogP) is 4.02. The molecule has 0 fully saturated rings. The normalized spacial score (nSPS) is 11.4. The maximum atomic E-state index is 5.73. The molecule has 0 N–H and O–H groups in total. The van der Waals surface area contributed by atoms with Crippen LogP contribution in [0.3, 0.4) is 0 Å². The average molecular weight is 399 g/mol. The summed E-state index contributed by atoms with van der Waals surface area (Å²) in [5.74, 6) is 2.49. The van der Waals surface area contributed by atoms with Gasteiger partial charge in [0.15, 0.2) is 0 Å². The molecule has 3 aromatic heterocycles. The average Bonchev–Trinajstić information content (AvgIpc) is 3.26. The molecular formula is C18H18N6OS2. The van der Waals surface area contributed by atoms with Crippen LogP contribution >= 0.6 is 23.5 Å². The van der Waals surface area contributed by atoms with Gasteiger partial charge in [0.2, 0.25) is 11.0 Å². The second-order valence-corrected chi connectivity index (χ2v) is 7.98. The van der Waals surface area contributed by atoms with E-state index in [1.54, 1.807) is 16.3 Å². The lowest BCUT2D eigenvalue weighted by Gasteiger charge is -2.02. The molecule has 0 atom stereocenters. The van der Waals surface area contributed by atoms with Gasteiger partial charge in [-0.25, -0.2) is 9.50 Å². The summed E-state index contributed by atoms with van der Waals surface area (Å²) in [6.07, 6.45) is 0. The van der Waals surface area contributed by atoms with Gasteiger partial charge in [0.25, 0.3) is 11.0 Å². The predicted molar refractivity (Wildman–Crippen MR) is 105 cm³/mol. The Hall–Kier alpha value is -2.39. The third kappa shape index (κ3) is 4.14. The van der Waals surface area contributed by atoms with Crippen LogP contribution in [0.2, 0.25) is 0 Å². The van der Waals surface area contributed by atoms with Gasteiger partial charge in [0, 0.05) is 17.1 Å². The van der Waals surface area contributed by atoms with Crippen LogP contribution in [-0.4, -0.2) is 29.8 Å². The molecule has 1 aromatic carbocycles. The van der Waals surface area contributed by atoms with Gasteiger partial charge in [-0.15, -0.1) is 15.3 Å². The Bertz CT molecular complexity index is 1090. The number of nitrogens with zero attached hydrogens (tertiary/aromatic N) is 6. The van der Waals surface area contributed by atoms with Crippen molar-refractivity contribution in [3.63, 3.8) is 0 Å². The second kappa shape index (κ2) is 7.69. The van der Waals surface area contributed by atoms with E-state index in [2.05, 4.69) is 44.3 Å². The SMILES string of the molecule is Cc1cc(C)n2nc(SCc3nnc(SCc4ccccc4C)o3)nc2n1. The van der Waals surface area contributed by atoms with Crippen LogP contribution in [0, 0.1) is 20.8 Å². The summed E-state index contributed by atoms with van der Waals surface area (Å²) in [6.45, 7) is 6.04. The van der Waals surface area contributed by atoms with Crippen molar-refractivity contribution >= 4 is 29.3 Å². The zero-order valence-electron chi connectivity index (χ0n) is 15.2. The van der Waals surface area contributed by atoms with Crippen LogP contribution in [-0.2, 0) is 11.5 Å². The monoisotopic (exact) mass is 398 g/mol. The molecule has 0 aliphatic rings. The van der Waals surface area contributed by atoms with Crippen molar-refractivity contribution in [2.24, 2.45) is 0 Å². The van der Waals surface area contributed by atoms with Gasteiger partial charge >= 0.3 is 0 Å². The summed E-state index contributed by atoms with van der Waals surface area (Å²) in [5.41, 5.74) is 4.46. The number of hydrogen-bond donors (Lipinski definition) is 0. The summed E-state index contributed by atoms with van der Waals surface area (Å²) in [6, 6.07) is 10.3. The molecular weight excluding hydrogens is 380 g/mol. The fourth-order valence-corrected chi connectivity index (χ4v) is 4.11. The fraction of sp³-hybridized carbons (Fsp3) is 0.278. The van der Waals surface area contributed by atoms with Crippen molar-refractivity contribution < 1.29 is 4.42 Å². The van der Waals surface area contributed by atoms with Gasteiger partial charge in [-0.05, 0) is 38.0 Å². The molecule has 0 bridgehead atoms. The minimum atomic E-state index is 0.521. The van der Waals surface area contributed by atoms with E-state index in [0.29, 0.717) is 27.8 Å². The van der Waals surface area contributed by atoms with Gasteiger partial charge < -0.3 is 4.42 Å². The number of benzene rings is 1. The molecule has 4 rings (SSSR count). The second-order valence-electron chi connectivity index (χ2n) is 6.11. The Kier molecular flexibility index (Phi) is 5.13. The lowest BCUT2D eigenvalue weighted by atomic mass is 10.1. The Labute approximate surface area is 165 Å². The molecule has 0 aliphatic carbocycles. The Morgan fingerprint density at radius 1 is 1.00 bits per heavy atom. The third-order valence-electron chi connectivity index (χ3n) is 3.98. The van der Waals surface area contributed by atoms with Crippen molar-refractivity contribution in [3.8, 4) is 0 Å². The first kappa shape index (κ1) is 18.0. The number of hydrogen-bond acceptors (Lipinski definition) is 8. The highest BCUT2D eigenvalue weighted by Gasteiger charge is 2.12. The van der Waals surface area contributed by atoms with E-state index < -0.39 is 0 Å². The fourth-order valence-electron chi connectivity index (χ4n) is 2.60. The third-order valence-corrected chi connectivity index (χ3v) is 5.67. The summed E-state index contributed by atoms with van der Waals surface area (Å²) >= 11 is 3.00. The first-order chi connectivity index (χ1) is 13.1. The molecule has 0 saturated carbocycles. The quantitative estimate of drug-likeness (QED) is 0.451. The molecule has 0 unspecified atom stereocenters. The van der Waals surface area contributed by atoms with Crippen molar-refractivity contribution in [2.75, 3.05) is 0 Å². The molecule has 0 radical (unpaired) electrons. The maximum absolute atomic E-state index is 5.73. The standard InChI is InChI=1S/C18H18N6OS2/c1-11-6-4-5-7-14(11)9-27-18-22-21-15(25-18)10-26-17-20-16-19-12(2)8-13(3)24(16)23-17/h4-8H,9-10H2,1-3H3. The minimum Gasteiger partial charge on any atom is -0.415 e. The Balaban J connectivity index is 1.38. The van der Waals surface area contributed by atoms with Crippen molar-refractivity contribution in [1.82, 2.24) is 29.8 Å². The van der Waals surface area contributed by atoms with Gasteiger partial charge in [0.05, 0.1) is 5.75 Å². The Morgan fingerprint density at radius 2 is 1.85 bits per heavy atom. The highest BCUT2D eigenvalue weighted by atomic mass is 32.2.